The maximum absolute atomic E-state index is 11.2. The standard InChI is InChI=1S/C27H32N2O6S4/c1-4-21(17-26-28(11-5-13-38(30,31)32)22-9-7-19(2)15-24(22)36-26)18-27-29(12-6-14-39(33,34)35)23-10-8-20(3)16-25(23)37-27/h7-10,15-18H,4-6,11-14H2,1-3H3,(H-,30,31,32,33,34,35)/p-1. The summed E-state index contributed by atoms with van der Waals surface area (Å²) in [6.45, 7) is 6.90. The fourth-order valence-corrected chi connectivity index (χ4v) is 7.95. The number of nitrogens with zero attached hydrogens (tertiary/aromatic N) is 2. The first kappa shape index (κ1) is 29.8. The van der Waals surface area contributed by atoms with Crippen molar-refractivity contribution in [2.45, 2.75) is 51.5 Å². The van der Waals surface area contributed by atoms with Crippen LogP contribution < -0.4 is 9.47 Å². The number of fused-ring (bicyclic) bond motifs is 2. The topological polar surface area (TPSA) is 122 Å². The highest BCUT2D eigenvalue weighted by atomic mass is 32.2. The maximum Gasteiger partial charge on any atom is 0.263 e. The van der Waals surface area contributed by atoms with Crippen molar-refractivity contribution in [3.05, 3.63) is 69.2 Å². The Bertz CT molecular complexity index is 1660. The molecule has 0 radical (unpaired) electrons. The lowest BCUT2D eigenvalue weighted by atomic mass is 10.1. The Balaban J connectivity index is 1.71. The Morgan fingerprint density at radius 1 is 0.974 bits per heavy atom. The number of rotatable bonds is 11. The molecule has 1 aliphatic heterocycles. The Morgan fingerprint density at radius 2 is 1.64 bits per heavy atom. The largest absolute Gasteiger partial charge is 0.748 e. The molecule has 210 valence electrons. The van der Waals surface area contributed by atoms with Crippen LogP contribution in [0.2, 0.25) is 0 Å². The molecule has 0 bridgehead atoms. The highest BCUT2D eigenvalue weighted by molar-refractivity contribution is 8.03. The molecule has 0 aliphatic carbocycles. The van der Waals surface area contributed by atoms with Gasteiger partial charge in [0.05, 0.1) is 31.0 Å². The summed E-state index contributed by atoms with van der Waals surface area (Å²) in [6, 6.07) is 12.3. The number of hydrogen-bond acceptors (Lipinski definition) is 9. The van der Waals surface area contributed by atoms with Crippen molar-refractivity contribution in [2.75, 3.05) is 23.0 Å². The Labute approximate surface area is 238 Å². The first-order valence-electron chi connectivity index (χ1n) is 12.6. The number of benzene rings is 2. The second-order valence-corrected chi connectivity index (χ2v) is 14.7. The molecule has 0 saturated carbocycles. The molecule has 1 aromatic heterocycles. The second kappa shape index (κ2) is 12.1. The minimum atomic E-state index is -4.30. The van der Waals surface area contributed by atoms with Gasteiger partial charge in [0.15, 0.2) is 6.54 Å². The average molecular weight is 608 g/mol. The predicted molar refractivity (Wildman–Crippen MR) is 156 cm³/mol. The smallest absolute Gasteiger partial charge is 0.263 e. The molecule has 0 unspecified atom stereocenters. The summed E-state index contributed by atoms with van der Waals surface area (Å²) >= 11 is 3.22. The van der Waals surface area contributed by atoms with Gasteiger partial charge in [0.25, 0.3) is 5.01 Å². The van der Waals surface area contributed by atoms with E-state index in [4.69, 9.17) is 0 Å². The number of allylic oxidation sites excluding steroid dienone is 2. The first-order chi connectivity index (χ1) is 18.3. The number of aryl methyl sites for hydroxylation is 3. The van der Waals surface area contributed by atoms with Gasteiger partial charge in [-0.2, -0.15) is 4.57 Å². The van der Waals surface area contributed by atoms with Crippen LogP contribution in [0.15, 0.2) is 58.0 Å². The van der Waals surface area contributed by atoms with E-state index in [1.165, 1.54) is 0 Å². The van der Waals surface area contributed by atoms with Crippen LogP contribution in [-0.2, 0) is 26.8 Å². The van der Waals surface area contributed by atoms with Crippen LogP contribution in [0.1, 0.15) is 42.3 Å². The number of thioether (sulfide) groups is 1. The third-order valence-corrected chi connectivity index (χ3v) is 10.1. The molecule has 0 N–H and O–H groups in total. The van der Waals surface area contributed by atoms with Crippen molar-refractivity contribution >= 4 is 65.3 Å². The first-order valence-corrected chi connectivity index (χ1v) is 17.4. The summed E-state index contributed by atoms with van der Waals surface area (Å²) in [4.78, 5) is 3.14. The van der Waals surface area contributed by atoms with Gasteiger partial charge in [0.2, 0.25) is 5.52 Å². The van der Waals surface area contributed by atoms with Crippen molar-refractivity contribution in [3.8, 4) is 0 Å². The summed E-state index contributed by atoms with van der Waals surface area (Å²) in [6.07, 6.45) is 5.35. The highest BCUT2D eigenvalue weighted by Crippen LogP contribution is 2.47. The predicted octanol–water partition coefficient (Wildman–Crippen LogP) is 4.92. The normalized spacial score (nSPS) is 15.5. The fourth-order valence-electron chi connectivity index (χ4n) is 4.46. The zero-order chi connectivity index (χ0) is 28.4. The van der Waals surface area contributed by atoms with E-state index in [-0.39, 0.29) is 12.8 Å². The van der Waals surface area contributed by atoms with Crippen LogP contribution in [0.3, 0.4) is 0 Å². The van der Waals surface area contributed by atoms with Gasteiger partial charge in [-0.3, -0.25) is 0 Å². The van der Waals surface area contributed by atoms with Crippen molar-refractivity contribution < 1.29 is 30.5 Å². The summed E-state index contributed by atoms with van der Waals surface area (Å²) < 4.78 is 70.4. The molecule has 4 rings (SSSR count). The van der Waals surface area contributed by atoms with Gasteiger partial charge in [-0.25, -0.2) is 16.8 Å². The lowest BCUT2D eigenvalue weighted by molar-refractivity contribution is -0.668. The van der Waals surface area contributed by atoms with Crippen LogP contribution in [0, 0.1) is 13.8 Å². The average Bonchev–Trinajstić information content (AvgIpc) is 3.33. The molecule has 12 heteroatoms. The van der Waals surface area contributed by atoms with E-state index in [0.717, 1.165) is 54.0 Å². The maximum atomic E-state index is 11.2. The Kier molecular flexibility index (Phi) is 9.24. The van der Waals surface area contributed by atoms with Crippen molar-refractivity contribution in [3.63, 3.8) is 0 Å². The number of anilines is 1. The van der Waals surface area contributed by atoms with E-state index in [0.29, 0.717) is 13.1 Å². The summed E-state index contributed by atoms with van der Waals surface area (Å²) in [7, 11) is -8.59. The molecular weight excluding hydrogens is 577 g/mol. The second-order valence-electron chi connectivity index (χ2n) is 9.57. The van der Waals surface area contributed by atoms with Gasteiger partial charge < -0.3 is 14.0 Å². The van der Waals surface area contributed by atoms with Gasteiger partial charge in [0.1, 0.15) is 4.70 Å². The lowest BCUT2D eigenvalue weighted by Crippen LogP contribution is -2.36. The van der Waals surface area contributed by atoms with Crippen LogP contribution in [0.4, 0.5) is 5.69 Å². The van der Waals surface area contributed by atoms with Crippen LogP contribution >= 0.6 is 23.1 Å². The minimum absolute atomic E-state index is 0.223. The summed E-state index contributed by atoms with van der Waals surface area (Å²) in [5, 5.41) is 1.90. The van der Waals surface area contributed by atoms with Crippen LogP contribution in [0.25, 0.3) is 16.3 Å². The lowest BCUT2D eigenvalue weighted by Gasteiger charge is -2.21. The van der Waals surface area contributed by atoms with E-state index in [2.05, 4.69) is 40.7 Å². The van der Waals surface area contributed by atoms with Crippen LogP contribution in [0.5, 0.6) is 0 Å². The van der Waals surface area contributed by atoms with E-state index in [9.17, 15) is 25.9 Å². The molecule has 0 fully saturated rings. The molecular formula is C27H31N2O6S4-. The molecule has 0 spiro atoms. The van der Waals surface area contributed by atoms with Gasteiger partial charge >= 0.3 is 0 Å². The fraction of sp³-hybridized carbons (Fsp3) is 0.370. The summed E-state index contributed by atoms with van der Waals surface area (Å²) in [5.41, 5.74) is 5.26. The molecule has 1 aliphatic rings. The number of aromatic nitrogens is 1. The molecule has 2 aromatic carbocycles. The molecule has 0 saturated heterocycles. The van der Waals surface area contributed by atoms with Gasteiger partial charge in [-0.15, -0.1) is 0 Å². The molecule has 3 aromatic rings. The van der Waals surface area contributed by atoms with Crippen molar-refractivity contribution in [2.24, 2.45) is 0 Å². The van der Waals surface area contributed by atoms with Gasteiger partial charge in [0, 0.05) is 41.5 Å². The zero-order valence-electron chi connectivity index (χ0n) is 22.0. The SMILES string of the molecule is CCC(=Cc1sc2cc(C)ccc2[n+]1CCCS(=O)(=O)[O-])C=C1Sc2cc(C)ccc2N1CCCS(=O)(=O)[O-]. The Morgan fingerprint density at radius 3 is 2.33 bits per heavy atom. The number of thiazole rings is 1. The van der Waals surface area contributed by atoms with E-state index >= 15 is 0 Å². The minimum Gasteiger partial charge on any atom is -0.748 e. The quantitative estimate of drug-likeness (QED) is 0.222. The van der Waals surface area contributed by atoms with Gasteiger partial charge in [-0.05, 0) is 67.7 Å². The molecule has 2 heterocycles. The molecule has 0 amide bonds. The van der Waals surface area contributed by atoms with Crippen molar-refractivity contribution in [1.82, 2.24) is 0 Å². The summed E-state index contributed by atoms with van der Waals surface area (Å²) in [5.74, 6) is -0.835. The van der Waals surface area contributed by atoms with Crippen molar-refractivity contribution in [1.29, 1.82) is 0 Å². The Hall–Kier alpha value is -2.22. The number of hydrogen-bond donors (Lipinski definition) is 0. The monoisotopic (exact) mass is 607 g/mol. The van der Waals surface area contributed by atoms with Crippen LogP contribution in [-0.4, -0.2) is 44.0 Å². The molecule has 39 heavy (non-hydrogen) atoms. The zero-order valence-corrected chi connectivity index (χ0v) is 25.3. The molecule has 8 nitrogen and oxygen atoms in total. The van der Waals surface area contributed by atoms with E-state index < -0.39 is 31.7 Å². The third kappa shape index (κ3) is 7.92. The van der Waals surface area contributed by atoms with E-state index in [1.807, 2.05) is 38.1 Å². The third-order valence-electron chi connectivity index (χ3n) is 6.35. The highest BCUT2D eigenvalue weighted by Gasteiger charge is 2.26. The van der Waals surface area contributed by atoms with E-state index in [1.54, 1.807) is 23.1 Å². The molecule has 0 atom stereocenters. The van der Waals surface area contributed by atoms with Gasteiger partial charge in [-0.1, -0.05) is 42.2 Å².